The maximum Gasteiger partial charge on any atom is 0.416 e. The predicted octanol–water partition coefficient (Wildman–Crippen LogP) is 8.54. The van der Waals surface area contributed by atoms with Crippen molar-refractivity contribution >= 4 is 11.9 Å². The van der Waals surface area contributed by atoms with Gasteiger partial charge in [-0.2, -0.15) is 13.2 Å². The minimum absolute atomic E-state index is 0.0391. The Morgan fingerprint density at radius 1 is 1.09 bits per heavy atom. The van der Waals surface area contributed by atoms with E-state index in [0.29, 0.717) is 29.5 Å². The fourth-order valence-corrected chi connectivity index (χ4v) is 6.62. The summed E-state index contributed by atoms with van der Waals surface area (Å²) in [5.41, 5.74) is 1.44. The molecule has 1 saturated carbocycles. The second-order valence-electron chi connectivity index (χ2n) is 14.1. The number of likely N-dealkylation sites (N-methyl/N-ethyl adjacent to an activating group) is 1. The average molecular weight is 754 g/mol. The zero-order valence-electron chi connectivity index (χ0n) is 31.8. The summed E-state index contributed by atoms with van der Waals surface area (Å²) < 4.78 is 71.3. The van der Waals surface area contributed by atoms with Crippen LogP contribution < -0.4 is 15.6 Å². The number of nitrogens with zero attached hydrogens (tertiary/aromatic N) is 2. The number of allylic oxidation sites excluding steroid dienone is 2. The molecule has 12 heteroatoms. The van der Waals surface area contributed by atoms with E-state index in [4.69, 9.17) is 9.47 Å². The second-order valence-corrected chi connectivity index (χ2v) is 14.1. The second kappa shape index (κ2) is 18.6. The van der Waals surface area contributed by atoms with Gasteiger partial charge in [0.05, 0.1) is 31.2 Å². The number of ether oxygens (including phenoxy) is 2. The van der Waals surface area contributed by atoms with Crippen molar-refractivity contribution in [3.05, 3.63) is 111 Å². The Kier molecular flexibility index (Phi) is 14.4. The van der Waals surface area contributed by atoms with Gasteiger partial charge < -0.3 is 24.3 Å². The van der Waals surface area contributed by atoms with Crippen molar-refractivity contribution in [2.75, 3.05) is 33.9 Å². The van der Waals surface area contributed by atoms with Gasteiger partial charge in [-0.15, -0.1) is 13.2 Å². The number of aryl methyl sites for hydroxylation is 2. The highest BCUT2D eigenvalue weighted by atomic mass is 19.4. The molecule has 1 aromatic heterocycles. The lowest BCUT2D eigenvalue weighted by atomic mass is 9.90. The van der Waals surface area contributed by atoms with Crippen molar-refractivity contribution in [1.29, 1.82) is 0 Å². The lowest BCUT2D eigenvalue weighted by Crippen LogP contribution is -2.40. The van der Waals surface area contributed by atoms with Crippen LogP contribution in [0.2, 0.25) is 0 Å². The van der Waals surface area contributed by atoms with Gasteiger partial charge in [-0.05, 0) is 125 Å². The number of carbonyl (C=O) groups excluding carboxylic acids is 2. The number of nitrogens with one attached hydrogen (secondary N) is 1. The van der Waals surface area contributed by atoms with Gasteiger partial charge in [0.1, 0.15) is 17.6 Å². The first-order valence-corrected chi connectivity index (χ1v) is 18.3. The molecule has 4 rings (SSSR count). The van der Waals surface area contributed by atoms with E-state index in [1.807, 2.05) is 32.1 Å². The molecule has 2 aromatic carbocycles. The Balaban J connectivity index is 1.85. The van der Waals surface area contributed by atoms with Crippen molar-refractivity contribution in [2.45, 2.75) is 89.9 Å². The van der Waals surface area contributed by atoms with Gasteiger partial charge in [-0.25, -0.2) is 4.39 Å². The number of carbonyl (C=O) groups is 2. The third-order valence-electron chi connectivity index (χ3n) is 9.38. The largest absolute Gasteiger partial charge is 0.493 e. The van der Waals surface area contributed by atoms with E-state index in [1.54, 1.807) is 38.1 Å². The molecular formula is C42H51F4N3O5. The molecule has 3 aromatic rings. The summed E-state index contributed by atoms with van der Waals surface area (Å²) in [5, 5.41) is 2.78. The van der Waals surface area contributed by atoms with Crippen LogP contribution in [0.3, 0.4) is 0 Å². The summed E-state index contributed by atoms with van der Waals surface area (Å²) in [6.07, 6.45) is 1.87. The smallest absolute Gasteiger partial charge is 0.416 e. The zero-order valence-corrected chi connectivity index (χ0v) is 31.8. The van der Waals surface area contributed by atoms with Crippen LogP contribution in [0.5, 0.6) is 5.75 Å². The van der Waals surface area contributed by atoms with E-state index in [-0.39, 0.29) is 43.0 Å². The molecule has 2 atom stereocenters. The molecule has 0 aliphatic heterocycles. The van der Waals surface area contributed by atoms with Crippen LogP contribution in [0.25, 0.3) is 11.1 Å². The Labute approximate surface area is 314 Å². The van der Waals surface area contributed by atoms with E-state index in [9.17, 15) is 27.6 Å². The molecule has 0 unspecified atom stereocenters. The standard InChI is InChI=1S/C42H51F4N3O5/c1-8-11-12-18-54-36-20-26(4)19-27(5)39(36)30-21-31(28-14-15-28)40(43)32(22-30)34(24-38(51)53-10-3)47-41(52)35(13-9-2)49-25-29(16-17-48(6)7)33(23-37(49)50)42(44,45)46/h8-9,19-23,25,28,34-35H,1-2,10-18,24H2,3-7H3,(H,47,52)/t34-,35-/m0/s1. The molecule has 54 heavy (non-hydrogen) atoms. The van der Waals surface area contributed by atoms with E-state index >= 15 is 4.39 Å². The topological polar surface area (TPSA) is 89.9 Å². The Bertz CT molecular complexity index is 1900. The van der Waals surface area contributed by atoms with Crippen LogP contribution in [0.4, 0.5) is 17.6 Å². The molecule has 1 amide bonds. The van der Waals surface area contributed by atoms with E-state index < -0.39 is 53.5 Å². The predicted molar refractivity (Wildman–Crippen MR) is 202 cm³/mol. The van der Waals surface area contributed by atoms with Crippen molar-refractivity contribution in [2.24, 2.45) is 0 Å². The molecule has 0 bridgehead atoms. The summed E-state index contributed by atoms with van der Waals surface area (Å²) in [6, 6.07) is 5.19. The molecule has 1 heterocycles. The van der Waals surface area contributed by atoms with E-state index in [0.717, 1.165) is 53.1 Å². The van der Waals surface area contributed by atoms with Crippen molar-refractivity contribution < 1.29 is 36.6 Å². The van der Waals surface area contributed by atoms with Gasteiger partial charge in [0.2, 0.25) is 5.91 Å². The van der Waals surface area contributed by atoms with Gasteiger partial charge in [-0.3, -0.25) is 14.4 Å². The highest BCUT2D eigenvalue weighted by Crippen LogP contribution is 2.46. The van der Waals surface area contributed by atoms with Crippen molar-refractivity contribution in [3.63, 3.8) is 0 Å². The highest BCUT2D eigenvalue weighted by Gasteiger charge is 2.36. The fraction of sp³-hybridized carbons (Fsp3) is 0.452. The van der Waals surface area contributed by atoms with Gasteiger partial charge in [0, 0.05) is 29.9 Å². The number of aromatic nitrogens is 1. The number of amides is 1. The first-order chi connectivity index (χ1) is 25.6. The highest BCUT2D eigenvalue weighted by molar-refractivity contribution is 5.82. The number of halogens is 4. The van der Waals surface area contributed by atoms with Gasteiger partial charge in [-0.1, -0.05) is 18.2 Å². The number of esters is 1. The number of benzene rings is 2. The van der Waals surface area contributed by atoms with Gasteiger partial charge in [0.25, 0.3) is 5.56 Å². The first kappa shape index (κ1) is 42.0. The molecular weight excluding hydrogens is 702 g/mol. The maximum atomic E-state index is 16.7. The number of pyridine rings is 1. The Hall–Kier alpha value is -4.71. The minimum Gasteiger partial charge on any atom is -0.493 e. The summed E-state index contributed by atoms with van der Waals surface area (Å²) in [5.74, 6) is -1.53. The molecule has 1 N–H and O–H groups in total. The Morgan fingerprint density at radius 3 is 2.43 bits per heavy atom. The molecule has 292 valence electrons. The van der Waals surface area contributed by atoms with E-state index in [2.05, 4.69) is 18.5 Å². The SMILES string of the molecule is C=CCCCOc1cc(C)cc(C)c1-c1cc(C2CC2)c(F)c([C@H](CC(=O)OCC)NC(=O)[C@H](CC=C)n2cc(CCN(C)C)c(C(F)(F)F)cc2=O)c1. The quantitative estimate of drug-likeness (QED) is 0.0572. The maximum absolute atomic E-state index is 16.7. The average Bonchev–Trinajstić information content (AvgIpc) is 3.94. The summed E-state index contributed by atoms with van der Waals surface area (Å²) in [7, 11) is 3.42. The normalized spacial score (nSPS) is 14.0. The number of unbranched alkanes of at least 4 members (excludes halogenated alkanes) is 1. The summed E-state index contributed by atoms with van der Waals surface area (Å²) in [6.45, 7) is 13.7. The summed E-state index contributed by atoms with van der Waals surface area (Å²) >= 11 is 0. The molecule has 0 saturated heterocycles. The van der Waals surface area contributed by atoms with Crippen LogP contribution in [0, 0.1) is 19.7 Å². The molecule has 1 fully saturated rings. The van der Waals surface area contributed by atoms with Crippen molar-refractivity contribution in [1.82, 2.24) is 14.8 Å². The third kappa shape index (κ3) is 10.7. The number of alkyl halides is 3. The number of hydrogen-bond acceptors (Lipinski definition) is 6. The van der Waals surface area contributed by atoms with Gasteiger partial charge >= 0.3 is 12.1 Å². The van der Waals surface area contributed by atoms with Crippen LogP contribution in [0.1, 0.15) is 96.8 Å². The Morgan fingerprint density at radius 2 is 1.81 bits per heavy atom. The first-order valence-electron chi connectivity index (χ1n) is 18.3. The minimum atomic E-state index is -4.80. The van der Waals surface area contributed by atoms with E-state index in [1.165, 1.54) is 6.08 Å². The third-order valence-corrected chi connectivity index (χ3v) is 9.38. The number of hydrogen-bond donors (Lipinski definition) is 1. The van der Waals surface area contributed by atoms with Crippen LogP contribution in [-0.2, 0) is 26.9 Å². The van der Waals surface area contributed by atoms with Crippen LogP contribution in [-0.4, -0.2) is 55.2 Å². The monoisotopic (exact) mass is 753 g/mol. The fourth-order valence-electron chi connectivity index (χ4n) is 6.62. The lowest BCUT2D eigenvalue weighted by Gasteiger charge is -2.26. The molecule has 0 spiro atoms. The molecule has 0 radical (unpaired) electrons. The van der Waals surface area contributed by atoms with Crippen LogP contribution >= 0.6 is 0 Å². The summed E-state index contributed by atoms with van der Waals surface area (Å²) in [4.78, 5) is 42.3. The molecule has 1 aliphatic carbocycles. The number of rotatable bonds is 19. The molecule has 1 aliphatic rings. The van der Waals surface area contributed by atoms with Crippen LogP contribution in [0.15, 0.2) is 66.6 Å². The zero-order chi connectivity index (χ0) is 39.7. The van der Waals surface area contributed by atoms with Crippen molar-refractivity contribution in [3.8, 4) is 16.9 Å². The molecule has 8 nitrogen and oxygen atoms in total. The van der Waals surface area contributed by atoms with Gasteiger partial charge in [0.15, 0.2) is 0 Å². The lowest BCUT2D eigenvalue weighted by molar-refractivity contribution is -0.144.